The Morgan fingerprint density at radius 3 is 3.15 bits per heavy atom. The summed E-state index contributed by atoms with van der Waals surface area (Å²) in [5.74, 6) is 0. The van der Waals surface area contributed by atoms with Gasteiger partial charge in [0.25, 0.3) is 0 Å². The first-order valence-electron chi connectivity index (χ1n) is 4.36. The van der Waals surface area contributed by atoms with Crippen molar-refractivity contribution in [3.05, 3.63) is 16.8 Å². The minimum Gasteiger partial charge on any atom is -0.345 e. The minimum absolute atomic E-state index is 0.210. The van der Waals surface area contributed by atoms with Crippen LogP contribution in [0.2, 0.25) is 0 Å². The van der Waals surface area contributed by atoms with Crippen LogP contribution < -0.4 is 5.73 Å². The van der Waals surface area contributed by atoms with Crippen molar-refractivity contribution in [2.75, 3.05) is 0 Å². The Hall–Kier alpha value is -0.870. The highest BCUT2D eigenvalue weighted by molar-refractivity contribution is 7.18. The van der Waals surface area contributed by atoms with Gasteiger partial charge in [0.2, 0.25) is 0 Å². The third-order valence-electron chi connectivity index (χ3n) is 1.95. The van der Waals surface area contributed by atoms with Crippen LogP contribution in [0, 0.1) is 6.92 Å². The van der Waals surface area contributed by atoms with E-state index in [1.54, 1.807) is 11.3 Å². The largest absolute Gasteiger partial charge is 0.345 e. The van der Waals surface area contributed by atoms with Gasteiger partial charge in [-0.25, -0.2) is 4.98 Å². The number of rotatable bonds is 2. The number of aromatic amines is 1. The molecule has 0 saturated heterocycles. The lowest BCUT2D eigenvalue weighted by atomic mass is 10.1. The van der Waals surface area contributed by atoms with Crippen molar-refractivity contribution in [2.24, 2.45) is 5.73 Å². The summed E-state index contributed by atoms with van der Waals surface area (Å²) in [6.45, 7) is 4.04. The molecule has 13 heavy (non-hydrogen) atoms. The highest BCUT2D eigenvalue weighted by atomic mass is 32.1. The molecule has 0 spiro atoms. The molecule has 0 fully saturated rings. The number of H-pyrrole nitrogens is 1. The Kier molecular flexibility index (Phi) is 2.09. The molecule has 2 rings (SSSR count). The van der Waals surface area contributed by atoms with Crippen LogP contribution in [0.25, 0.3) is 10.3 Å². The average Bonchev–Trinajstić information content (AvgIpc) is 2.51. The van der Waals surface area contributed by atoms with E-state index in [4.69, 9.17) is 5.73 Å². The molecular weight excluding hydrogens is 182 g/mol. The summed E-state index contributed by atoms with van der Waals surface area (Å²) in [4.78, 5) is 7.52. The van der Waals surface area contributed by atoms with Gasteiger partial charge in [0.15, 0.2) is 0 Å². The lowest BCUT2D eigenvalue weighted by molar-refractivity contribution is 0.742. The number of fused-ring (bicyclic) bond motifs is 1. The normalized spacial score (nSPS) is 13.8. The second-order valence-corrected chi connectivity index (χ2v) is 4.61. The van der Waals surface area contributed by atoms with Gasteiger partial charge in [-0.1, -0.05) is 0 Å². The van der Waals surface area contributed by atoms with Gasteiger partial charge in [-0.2, -0.15) is 0 Å². The van der Waals surface area contributed by atoms with Gasteiger partial charge in [-0.3, -0.25) is 0 Å². The van der Waals surface area contributed by atoms with E-state index < -0.39 is 0 Å². The second kappa shape index (κ2) is 3.12. The zero-order valence-electron chi connectivity index (χ0n) is 7.79. The molecule has 0 aromatic carbocycles. The van der Waals surface area contributed by atoms with Crippen LogP contribution in [0.1, 0.15) is 17.5 Å². The fraction of sp³-hybridized carbons (Fsp3) is 0.444. The molecule has 3 nitrogen and oxygen atoms in total. The van der Waals surface area contributed by atoms with E-state index in [1.165, 1.54) is 10.3 Å². The molecule has 1 unspecified atom stereocenters. The molecule has 3 N–H and O–H groups in total. The molecule has 2 aromatic heterocycles. The van der Waals surface area contributed by atoms with Gasteiger partial charge in [0.1, 0.15) is 5.65 Å². The van der Waals surface area contributed by atoms with Crippen molar-refractivity contribution in [3.8, 4) is 0 Å². The number of aryl methyl sites for hydroxylation is 1. The maximum Gasteiger partial charge on any atom is 0.148 e. The summed E-state index contributed by atoms with van der Waals surface area (Å²) in [5.41, 5.74) is 8.04. The first-order chi connectivity index (χ1) is 6.16. The highest BCUT2D eigenvalue weighted by Crippen LogP contribution is 2.25. The molecule has 0 aliphatic heterocycles. The zero-order valence-corrected chi connectivity index (χ0v) is 8.61. The van der Waals surface area contributed by atoms with E-state index in [0.717, 1.165) is 17.1 Å². The number of nitrogens with zero attached hydrogens (tertiary/aromatic N) is 1. The summed E-state index contributed by atoms with van der Waals surface area (Å²) < 4.78 is 1.26. The lowest BCUT2D eigenvalue weighted by Gasteiger charge is -2.00. The third-order valence-corrected chi connectivity index (χ3v) is 3.00. The molecule has 0 aliphatic rings. The van der Waals surface area contributed by atoms with Crippen molar-refractivity contribution in [2.45, 2.75) is 26.3 Å². The Labute approximate surface area is 81.0 Å². The molecule has 0 radical (unpaired) electrons. The van der Waals surface area contributed by atoms with E-state index in [1.807, 2.05) is 20.0 Å². The van der Waals surface area contributed by atoms with Crippen molar-refractivity contribution < 1.29 is 0 Å². The summed E-state index contributed by atoms with van der Waals surface area (Å²) in [5, 5.41) is 1.10. The number of thiazole rings is 1. The number of nitrogens with one attached hydrogen (secondary N) is 1. The summed E-state index contributed by atoms with van der Waals surface area (Å²) in [7, 11) is 0. The van der Waals surface area contributed by atoms with Crippen LogP contribution >= 0.6 is 11.3 Å². The second-order valence-electron chi connectivity index (χ2n) is 3.41. The molecule has 0 bridgehead atoms. The Morgan fingerprint density at radius 1 is 1.69 bits per heavy atom. The van der Waals surface area contributed by atoms with Gasteiger partial charge >= 0.3 is 0 Å². The molecular formula is C9H13N3S. The minimum atomic E-state index is 0.210. The Balaban J connectivity index is 2.44. The number of nitrogens with two attached hydrogens (primary N) is 1. The monoisotopic (exact) mass is 195 g/mol. The summed E-state index contributed by atoms with van der Waals surface area (Å²) in [6, 6.07) is 0.210. The molecule has 4 heteroatoms. The van der Waals surface area contributed by atoms with Crippen molar-refractivity contribution >= 4 is 21.7 Å². The Bertz CT molecular complexity index is 413. The van der Waals surface area contributed by atoms with Crippen molar-refractivity contribution in [3.63, 3.8) is 0 Å². The maximum absolute atomic E-state index is 5.75. The van der Waals surface area contributed by atoms with Gasteiger partial charge in [-0.15, -0.1) is 11.3 Å². The lowest BCUT2D eigenvalue weighted by Crippen LogP contribution is -2.17. The predicted octanol–water partition coefficient (Wildman–Crippen LogP) is 1.82. The van der Waals surface area contributed by atoms with Gasteiger partial charge < -0.3 is 10.7 Å². The molecule has 0 saturated carbocycles. The van der Waals surface area contributed by atoms with E-state index in [-0.39, 0.29) is 6.04 Å². The van der Waals surface area contributed by atoms with Crippen LogP contribution in [0.5, 0.6) is 0 Å². The maximum atomic E-state index is 5.75. The Morgan fingerprint density at radius 2 is 2.46 bits per heavy atom. The molecule has 70 valence electrons. The van der Waals surface area contributed by atoms with E-state index >= 15 is 0 Å². The molecule has 2 aromatic rings. The molecule has 2 heterocycles. The van der Waals surface area contributed by atoms with E-state index in [2.05, 4.69) is 9.97 Å². The van der Waals surface area contributed by atoms with Crippen LogP contribution in [-0.2, 0) is 6.42 Å². The fourth-order valence-corrected chi connectivity index (χ4v) is 2.37. The van der Waals surface area contributed by atoms with Crippen LogP contribution in [0.4, 0.5) is 0 Å². The SMILES string of the molecule is Cc1nc2[nH]cc(CC(C)N)c2s1. The smallest absolute Gasteiger partial charge is 0.148 e. The summed E-state index contributed by atoms with van der Waals surface area (Å²) >= 11 is 1.73. The van der Waals surface area contributed by atoms with E-state index in [9.17, 15) is 0 Å². The number of hydrogen-bond donors (Lipinski definition) is 2. The number of hydrogen-bond acceptors (Lipinski definition) is 3. The average molecular weight is 195 g/mol. The first kappa shape index (κ1) is 8.72. The third kappa shape index (κ3) is 1.59. The quantitative estimate of drug-likeness (QED) is 0.768. The van der Waals surface area contributed by atoms with Crippen molar-refractivity contribution in [1.29, 1.82) is 0 Å². The van der Waals surface area contributed by atoms with Crippen LogP contribution in [-0.4, -0.2) is 16.0 Å². The zero-order chi connectivity index (χ0) is 9.42. The van der Waals surface area contributed by atoms with E-state index in [0.29, 0.717) is 0 Å². The van der Waals surface area contributed by atoms with Crippen LogP contribution in [0.15, 0.2) is 6.20 Å². The fourth-order valence-electron chi connectivity index (χ4n) is 1.46. The molecule has 1 atom stereocenters. The van der Waals surface area contributed by atoms with Gasteiger partial charge in [0, 0.05) is 12.2 Å². The van der Waals surface area contributed by atoms with Gasteiger partial charge in [-0.05, 0) is 25.8 Å². The highest BCUT2D eigenvalue weighted by Gasteiger charge is 2.09. The number of aromatic nitrogens is 2. The van der Waals surface area contributed by atoms with Crippen LogP contribution in [0.3, 0.4) is 0 Å². The standard InChI is InChI=1S/C9H13N3S/c1-5(10)3-7-4-11-9-8(7)13-6(2)12-9/h4-5,11H,3,10H2,1-2H3. The predicted molar refractivity (Wildman–Crippen MR) is 56.1 cm³/mol. The summed E-state index contributed by atoms with van der Waals surface area (Å²) in [6.07, 6.45) is 2.93. The van der Waals surface area contributed by atoms with Crippen molar-refractivity contribution in [1.82, 2.24) is 9.97 Å². The first-order valence-corrected chi connectivity index (χ1v) is 5.17. The van der Waals surface area contributed by atoms with Gasteiger partial charge in [0.05, 0.1) is 9.71 Å². The topological polar surface area (TPSA) is 54.7 Å². The molecule has 0 amide bonds. The molecule has 0 aliphatic carbocycles.